The van der Waals surface area contributed by atoms with E-state index in [4.69, 9.17) is 11.6 Å². The van der Waals surface area contributed by atoms with E-state index in [2.05, 4.69) is 4.98 Å². The third kappa shape index (κ3) is 1.25. The lowest BCUT2D eigenvalue weighted by Gasteiger charge is -2.00. The van der Waals surface area contributed by atoms with E-state index in [0.29, 0.717) is 0 Å². The first-order chi connectivity index (χ1) is 6.20. The van der Waals surface area contributed by atoms with E-state index < -0.39 is 16.7 Å². The lowest BCUT2D eigenvalue weighted by Crippen LogP contribution is -1.88. The van der Waals surface area contributed by atoms with Crippen molar-refractivity contribution in [1.82, 2.24) is 4.98 Å². The van der Waals surface area contributed by atoms with Crippen molar-refractivity contribution in [2.75, 3.05) is 0 Å². The molecule has 1 aromatic carbocycles. The first kappa shape index (κ1) is 8.38. The summed E-state index contributed by atoms with van der Waals surface area (Å²) in [7, 11) is 0. The maximum atomic E-state index is 13.2. The van der Waals surface area contributed by atoms with Crippen LogP contribution in [0.25, 0.3) is 10.9 Å². The summed E-state index contributed by atoms with van der Waals surface area (Å²) in [5, 5.41) is -0.255. The van der Waals surface area contributed by atoms with Crippen LogP contribution in [0.2, 0.25) is 5.02 Å². The molecule has 2 aromatic rings. The Morgan fingerprint density at radius 3 is 2.85 bits per heavy atom. The van der Waals surface area contributed by atoms with Gasteiger partial charge in [-0.3, -0.25) is 4.98 Å². The topological polar surface area (TPSA) is 12.9 Å². The number of hydrogen-bond donors (Lipinski definition) is 0. The molecule has 1 heterocycles. The zero-order valence-electron chi connectivity index (χ0n) is 6.39. The summed E-state index contributed by atoms with van der Waals surface area (Å²) < 4.78 is 26.1. The van der Waals surface area contributed by atoms with Crippen LogP contribution in [0.4, 0.5) is 8.78 Å². The van der Waals surface area contributed by atoms with E-state index in [1.807, 2.05) is 0 Å². The van der Waals surface area contributed by atoms with E-state index >= 15 is 0 Å². The average Bonchev–Trinajstić information content (AvgIpc) is 2.15. The van der Waals surface area contributed by atoms with E-state index in [1.165, 1.54) is 12.3 Å². The minimum atomic E-state index is -0.787. The van der Waals surface area contributed by atoms with Crippen LogP contribution in [0.1, 0.15) is 0 Å². The predicted molar refractivity (Wildman–Crippen MR) is 46.7 cm³/mol. The van der Waals surface area contributed by atoms with E-state index in [1.54, 1.807) is 6.07 Å². The quantitative estimate of drug-likeness (QED) is 0.594. The fraction of sp³-hybridized carbons (Fsp3) is 0. The summed E-state index contributed by atoms with van der Waals surface area (Å²) in [5.74, 6) is -1.55. The van der Waals surface area contributed by atoms with Crippen molar-refractivity contribution in [3.8, 4) is 0 Å². The number of rotatable bonds is 0. The summed E-state index contributed by atoms with van der Waals surface area (Å²) in [6.07, 6.45) is 1.47. The van der Waals surface area contributed by atoms with Gasteiger partial charge in [0.05, 0.1) is 5.52 Å². The highest BCUT2D eigenvalue weighted by Crippen LogP contribution is 2.25. The Bertz CT molecular complexity index is 470. The zero-order valence-corrected chi connectivity index (χ0v) is 7.15. The Hall–Kier alpha value is -1.22. The summed E-state index contributed by atoms with van der Waals surface area (Å²) in [6.45, 7) is 0. The molecule has 4 heteroatoms. The molecule has 1 aromatic heterocycles. The first-order valence-electron chi connectivity index (χ1n) is 3.58. The largest absolute Gasteiger partial charge is 0.256 e. The summed E-state index contributed by atoms with van der Waals surface area (Å²) in [6, 6.07) is 4.18. The smallest absolute Gasteiger partial charge is 0.154 e. The second kappa shape index (κ2) is 2.92. The second-order valence-corrected chi connectivity index (χ2v) is 2.93. The van der Waals surface area contributed by atoms with Crippen LogP contribution in [0.5, 0.6) is 0 Å². The Kier molecular flexibility index (Phi) is 1.88. The Balaban J connectivity index is 2.94. The van der Waals surface area contributed by atoms with Gasteiger partial charge in [-0.25, -0.2) is 8.78 Å². The number of aromatic nitrogens is 1. The molecule has 66 valence electrons. The normalized spacial score (nSPS) is 10.7. The number of hydrogen-bond acceptors (Lipinski definition) is 1. The lowest BCUT2D eigenvalue weighted by molar-refractivity contribution is 0.592. The van der Waals surface area contributed by atoms with Crippen molar-refractivity contribution in [1.29, 1.82) is 0 Å². The molecular weight excluding hydrogens is 196 g/mol. The Morgan fingerprint density at radius 2 is 2.08 bits per heavy atom. The van der Waals surface area contributed by atoms with Gasteiger partial charge in [-0.2, -0.15) is 0 Å². The second-order valence-electron chi connectivity index (χ2n) is 2.56. The molecule has 0 saturated heterocycles. The maximum absolute atomic E-state index is 13.2. The standard InChI is InChI=1S/C9H4ClF2N/c10-8-6(11)4-7-5(9(8)12)2-1-3-13-7/h1-4H. The molecule has 0 spiro atoms. The summed E-state index contributed by atoms with van der Waals surface area (Å²) in [5.41, 5.74) is 0.266. The fourth-order valence-electron chi connectivity index (χ4n) is 1.12. The molecule has 0 unspecified atom stereocenters. The molecule has 13 heavy (non-hydrogen) atoms. The van der Waals surface area contributed by atoms with Crippen molar-refractivity contribution in [2.24, 2.45) is 0 Å². The van der Waals surface area contributed by atoms with Crippen LogP contribution >= 0.6 is 11.6 Å². The lowest BCUT2D eigenvalue weighted by atomic mass is 10.2. The van der Waals surface area contributed by atoms with Gasteiger partial charge >= 0.3 is 0 Å². The monoisotopic (exact) mass is 199 g/mol. The molecule has 2 rings (SSSR count). The van der Waals surface area contributed by atoms with Gasteiger partial charge in [-0.1, -0.05) is 11.6 Å². The van der Waals surface area contributed by atoms with Gasteiger partial charge in [0.15, 0.2) is 5.82 Å². The molecule has 0 aliphatic carbocycles. The van der Waals surface area contributed by atoms with E-state index in [9.17, 15) is 8.78 Å². The number of pyridine rings is 1. The molecule has 0 aliphatic heterocycles. The van der Waals surface area contributed by atoms with E-state index in [0.717, 1.165) is 6.07 Å². The van der Waals surface area contributed by atoms with Crippen LogP contribution in [0.15, 0.2) is 24.4 Å². The van der Waals surface area contributed by atoms with Crippen LogP contribution in [0, 0.1) is 11.6 Å². The molecular formula is C9H4ClF2N. The molecule has 0 N–H and O–H groups in total. The van der Waals surface area contributed by atoms with Crippen molar-refractivity contribution in [3.05, 3.63) is 41.1 Å². The number of nitrogens with zero attached hydrogens (tertiary/aromatic N) is 1. The minimum absolute atomic E-state index is 0.230. The van der Waals surface area contributed by atoms with Gasteiger partial charge in [0.2, 0.25) is 0 Å². The Labute approximate surface area is 78.0 Å². The van der Waals surface area contributed by atoms with Gasteiger partial charge in [0, 0.05) is 17.6 Å². The highest BCUT2D eigenvalue weighted by Gasteiger charge is 2.11. The van der Waals surface area contributed by atoms with Crippen molar-refractivity contribution in [3.63, 3.8) is 0 Å². The van der Waals surface area contributed by atoms with E-state index in [-0.39, 0.29) is 10.9 Å². The van der Waals surface area contributed by atoms with Crippen LogP contribution in [0.3, 0.4) is 0 Å². The number of halogens is 3. The fourth-order valence-corrected chi connectivity index (χ4v) is 1.28. The Morgan fingerprint density at radius 1 is 1.31 bits per heavy atom. The predicted octanol–water partition coefficient (Wildman–Crippen LogP) is 3.17. The molecule has 0 fully saturated rings. The van der Waals surface area contributed by atoms with Crippen LogP contribution in [-0.4, -0.2) is 4.98 Å². The third-order valence-electron chi connectivity index (χ3n) is 1.74. The molecule has 0 saturated carbocycles. The van der Waals surface area contributed by atoms with Gasteiger partial charge < -0.3 is 0 Å². The molecule has 0 radical (unpaired) electrons. The molecule has 0 aliphatic rings. The average molecular weight is 200 g/mol. The van der Waals surface area contributed by atoms with Crippen molar-refractivity contribution in [2.45, 2.75) is 0 Å². The minimum Gasteiger partial charge on any atom is -0.256 e. The molecule has 1 nitrogen and oxygen atoms in total. The third-order valence-corrected chi connectivity index (χ3v) is 2.09. The SMILES string of the molecule is Fc1cc2ncccc2c(F)c1Cl. The van der Waals surface area contributed by atoms with Crippen LogP contribution < -0.4 is 0 Å². The number of fused-ring (bicyclic) bond motifs is 1. The van der Waals surface area contributed by atoms with Gasteiger partial charge in [0.25, 0.3) is 0 Å². The van der Waals surface area contributed by atoms with Gasteiger partial charge in [-0.05, 0) is 12.1 Å². The highest BCUT2D eigenvalue weighted by atomic mass is 35.5. The van der Waals surface area contributed by atoms with Crippen molar-refractivity contribution >= 4 is 22.5 Å². The zero-order chi connectivity index (χ0) is 9.42. The number of benzene rings is 1. The van der Waals surface area contributed by atoms with Gasteiger partial charge in [-0.15, -0.1) is 0 Å². The van der Waals surface area contributed by atoms with Gasteiger partial charge in [0.1, 0.15) is 10.8 Å². The maximum Gasteiger partial charge on any atom is 0.154 e. The molecule has 0 atom stereocenters. The summed E-state index contributed by atoms with van der Waals surface area (Å²) >= 11 is 5.38. The summed E-state index contributed by atoms with van der Waals surface area (Å²) in [4.78, 5) is 3.81. The first-order valence-corrected chi connectivity index (χ1v) is 3.96. The molecule has 0 bridgehead atoms. The van der Waals surface area contributed by atoms with Crippen LogP contribution in [-0.2, 0) is 0 Å². The molecule has 0 amide bonds. The highest BCUT2D eigenvalue weighted by molar-refractivity contribution is 6.31. The van der Waals surface area contributed by atoms with Crippen molar-refractivity contribution < 1.29 is 8.78 Å².